The van der Waals surface area contributed by atoms with Crippen LogP contribution < -0.4 is 10.9 Å². The van der Waals surface area contributed by atoms with Gasteiger partial charge in [-0.1, -0.05) is 23.9 Å². The lowest BCUT2D eigenvalue weighted by Crippen LogP contribution is -2.26. The molecule has 0 fully saturated rings. The van der Waals surface area contributed by atoms with Gasteiger partial charge < -0.3 is 14.5 Å². The van der Waals surface area contributed by atoms with Crippen molar-refractivity contribution in [3.05, 3.63) is 64.7 Å². The highest BCUT2D eigenvalue weighted by molar-refractivity contribution is 7.99. The average Bonchev–Trinajstić information content (AvgIpc) is 3.19. The standard InChI is InChI=1S/C18H16N4O2S/c1-21-7-3-6-14(17(21)24)16(23)19-13-5-2-4-12(10-13)15-11-22-8-9-25-18(22)20-15/h2-7,10-11H,8-9H2,1H3,(H,19,23). The van der Waals surface area contributed by atoms with Crippen LogP contribution in [0.25, 0.3) is 11.3 Å². The maximum Gasteiger partial charge on any atom is 0.263 e. The summed E-state index contributed by atoms with van der Waals surface area (Å²) in [6, 6.07) is 10.7. The average molecular weight is 352 g/mol. The van der Waals surface area contributed by atoms with E-state index in [0.717, 1.165) is 28.7 Å². The Balaban J connectivity index is 1.60. The quantitative estimate of drug-likeness (QED) is 0.787. The fraction of sp³-hybridized carbons (Fsp3) is 0.167. The molecule has 25 heavy (non-hydrogen) atoms. The summed E-state index contributed by atoms with van der Waals surface area (Å²) in [5.41, 5.74) is 2.25. The molecule has 1 aromatic carbocycles. The van der Waals surface area contributed by atoms with Gasteiger partial charge in [-0.25, -0.2) is 4.98 Å². The third-order valence-corrected chi connectivity index (χ3v) is 5.06. The predicted octanol–water partition coefficient (Wildman–Crippen LogP) is 2.61. The molecule has 0 bridgehead atoms. The summed E-state index contributed by atoms with van der Waals surface area (Å²) in [6.45, 7) is 0.973. The molecule has 0 atom stereocenters. The van der Waals surface area contributed by atoms with E-state index in [1.165, 1.54) is 10.6 Å². The zero-order chi connectivity index (χ0) is 17.4. The highest BCUT2D eigenvalue weighted by Gasteiger charge is 2.16. The second-order valence-electron chi connectivity index (χ2n) is 5.82. The second-order valence-corrected chi connectivity index (χ2v) is 6.89. The number of hydrogen-bond donors (Lipinski definition) is 1. The van der Waals surface area contributed by atoms with Gasteiger partial charge in [0.2, 0.25) is 0 Å². The van der Waals surface area contributed by atoms with Gasteiger partial charge in [0.1, 0.15) is 5.56 Å². The Kier molecular flexibility index (Phi) is 3.93. The van der Waals surface area contributed by atoms with Gasteiger partial charge in [-0.05, 0) is 24.3 Å². The maximum absolute atomic E-state index is 12.4. The number of amides is 1. The number of aromatic nitrogens is 3. The molecule has 0 saturated carbocycles. The van der Waals surface area contributed by atoms with Crippen LogP contribution in [0.4, 0.5) is 5.69 Å². The van der Waals surface area contributed by atoms with E-state index < -0.39 is 5.91 Å². The number of nitrogens with one attached hydrogen (secondary N) is 1. The number of aryl methyl sites for hydroxylation is 2. The molecule has 1 amide bonds. The van der Waals surface area contributed by atoms with Crippen molar-refractivity contribution in [2.45, 2.75) is 11.7 Å². The number of carbonyl (C=O) groups excluding carboxylic acids is 1. The molecule has 7 heteroatoms. The molecule has 0 spiro atoms. The third-order valence-electron chi connectivity index (χ3n) is 4.09. The first-order valence-corrected chi connectivity index (χ1v) is 8.88. The summed E-state index contributed by atoms with van der Waals surface area (Å²) >= 11 is 1.74. The number of carbonyl (C=O) groups is 1. The molecule has 0 unspecified atom stereocenters. The zero-order valence-electron chi connectivity index (χ0n) is 13.6. The molecular formula is C18H16N4O2S. The van der Waals surface area contributed by atoms with Gasteiger partial charge in [0.05, 0.1) is 5.69 Å². The second kappa shape index (κ2) is 6.25. The molecule has 0 aliphatic carbocycles. The largest absolute Gasteiger partial charge is 0.325 e. The first-order chi connectivity index (χ1) is 12.1. The van der Waals surface area contributed by atoms with Gasteiger partial charge in [0.15, 0.2) is 5.16 Å². The highest BCUT2D eigenvalue weighted by atomic mass is 32.2. The molecule has 3 heterocycles. The van der Waals surface area contributed by atoms with Gasteiger partial charge in [0.25, 0.3) is 11.5 Å². The molecule has 6 nitrogen and oxygen atoms in total. The number of imidazole rings is 1. The van der Waals surface area contributed by atoms with E-state index in [4.69, 9.17) is 0 Å². The molecule has 0 radical (unpaired) electrons. The van der Waals surface area contributed by atoms with Crippen molar-refractivity contribution in [1.29, 1.82) is 0 Å². The number of rotatable bonds is 3. The number of nitrogens with zero attached hydrogens (tertiary/aromatic N) is 3. The van der Waals surface area contributed by atoms with Crippen LogP contribution in [-0.4, -0.2) is 25.8 Å². The molecular weight excluding hydrogens is 336 g/mol. The summed E-state index contributed by atoms with van der Waals surface area (Å²) in [5.74, 6) is 0.645. The third kappa shape index (κ3) is 2.98. The van der Waals surface area contributed by atoms with Crippen LogP contribution in [0.3, 0.4) is 0 Å². The van der Waals surface area contributed by atoms with E-state index in [1.54, 1.807) is 37.1 Å². The van der Waals surface area contributed by atoms with E-state index in [1.807, 2.05) is 24.4 Å². The number of fused-ring (bicyclic) bond motifs is 1. The predicted molar refractivity (Wildman–Crippen MR) is 98.0 cm³/mol. The molecule has 2 aromatic heterocycles. The van der Waals surface area contributed by atoms with Crippen LogP contribution in [0.15, 0.2) is 58.7 Å². The van der Waals surface area contributed by atoms with Crippen molar-refractivity contribution in [3.63, 3.8) is 0 Å². The van der Waals surface area contributed by atoms with Crippen LogP contribution in [-0.2, 0) is 13.6 Å². The summed E-state index contributed by atoms with van der Waals surface area (Å²) in [7, 11) is 1.62. The summed E-state index contributed by atoms with van der Waals surface area (Å²) in [6.07, 6.45) is 3.65. The Morgan fingerprint density at radius 1 is 1.28 bits per heavy atom. The number of hydrogen-bond acceptors (Lipinski definition) is 4. The van der Waals surface area contributed by atoms with E-state index >= 15 is 0 Å². The van der Waals surface area contributed by atoms with Crippen molar-refractivity contribution in [1.82, 2.24) is 14.1 Å². The minimum absolute atomic E-state index is 0.118. The number of pyridine rings is 1. The van der Waals surface area contributed by atoms with Gasteiger partial charge in [-0.15, -0.1) is 0 Å². The Morgan fingerprint density at radius 3 is 3.00 bits per heavy atom. The molecule has 1 aliphatic heterocycles. The first-order valence-electron chi connectivity index (χ1n) is 7.89. The number of thioether (sulfide) groups is 1. The van der Waals surface area contributed by atoms with Crippen LogP contribution in [0, 0.1) is 0 Å². The molecule has 4 rings (SSSR count). The molecule has 3 aromatic rings. The van der Waals surface area contributed by atoms with Crippen LogP contribution in [0.1, 0.15) is 10.4 Å². The van der Waals surface area contributed by atoms with Crippen LogP contribution in [0.5, 0.6) is 0 Å². The fourth-order valence-corrected chi connectivity index (χ4v) is 3.72. The topological polar surface area (TPSA) is 68.9 Å². The lowest BCUT2D eigenvalue weighted by molar-refractivity contribution is 0.102. The molecule has 126 valence electrons. The van der Waals surface area contributed by atoms with Gasteiger partial charge in [-0.3, -0.25) is 9.59 Å². The molecule has 0 saturated heterocycles. The Hall–Kier alpha value is -2.80. The van der Waals surface area contributed by atoms with E-state index in [2.05, 4.69) is 14.9 Å². The van der Waals surface area contributed by atoms with E-state index in [-0.39, 0.29) is 11.1 Å². The number of anilines is 1. The van der Waals surface area contributed by atoms with Gasteiger partial charge in [-0.2, -0.15) is 0 Å². The van der Waals surface area contributed by atoms with Crippen LogP contribution in [0.2, 0.25) is 0 Å². The van der Waals surface area contributed by atoms with Gasteiger partial charge >= 0.3 is 0 Å². The minimum Gasteiger partial charge on any atom is -0.325 e. The lowest BCUT2D eigenvalue weighted by atomic mass is 10.1. The summed E-state index contributed by atoms with van der Waals surface area (Å²) in [5, 5.41) is 3.82. The number of benzene rings is 1. The summed E-state index contributed by atoms with van der Waals surface area (Å²) < 4.78 is 3.52. The lowest BCUT2D eigenvalue weighted by Gasteiger charge is -2.07. The minimum atomic E-state index is -0.416. The van der Waals surface area contributed by atoms with E-state index in [9.17, 15) is 9.59 Å². The van der Waals surface area contributed by atoms with Gasteiger partial charge in [0, 0.05) is 43.0 Å². The van der Waals surface area contributed by atoms with Crippen molar-refractivity contribution >= 4 is 23.4 Å². The van der Waals surface area contributed by atoms with Crippen molar-refractivity contribution in [2.24, 2.45) is 7.05 Å². The highest BCUT2D eigenvalue weighted by Crippen LogP contribution is 2.29. The zero-order valence-corrected chi connectivity index (χ0v) is 14.4. The van der Waals surface area contributed by atoms with Crippen molar-refractivity contribution < 1.29 is 4.79 Å². The van der Waals surface area contributed by atoms with Crippen molar-refractivity contribution in [2.75, 3.05) is 11.1 Å². The summed E-state index contributed by atoms with van der Waals surface area (Å²) in [4.78, 5) is 29.1. The van der Waals surface area contributed by atoms with Crippen molar-refractivity contribution in [3.8, 4) is 11.3 Å². The Morgan fingerprint density at radius 2 is 2.16 bits per heavy atom. The SMILES string of the molecule is Cn1cccc(C(=O)Nc2cccc(-c3cn4c(n3)SCC4)c2)c1=O. The first kappa shape index (κ1) is 15.7. The monoisotopic (exact) mass is 352 g/mol. The Labute approximate surface area is 148 Å². The molecule has 1 N–H and O–H groups in total. The van der Waals surface area contributed by atoms with Crippen LogP contribution >= 0.6 is 11.8 Å². The smallest absolute Gasteiger partial charge is 0.263 e. The fourth-order valence-electron chi connectivity index (χ4n) is 2.77. The molecule has 1 aliphatic rings. The van der Waals surface area contributed by atoms with E-state index in [0.29, 0.717) is 5.69 Å². The normalized spacial score (nSPS) is 12.8. The maximum atomic E-state index is 12.4. The Bertz CT molecular complexity index is 1000.